The van der Waals surface area contributed by atoms with Gasteiger partial charge in [0.05, 0.1) is 17.8 Å². The lowest BCUT2D eigenvalue weighted by atomic mass is 10.2. The van der Waals surface area contributed by atoms with Gasteiger partial charge in [-0.25, -0.2) is 0 Å². The first-order valence-corrected chi connectivity index (χ1v) is 6.25. The summed E-state index contributed by atoms with van der Waals surface area (Å²) in [6.45, 7) is 2.59. The van der Waals surface area contributed by atoms with E-state index in [1.165, 1.54) is 0 Å². The number of aryl methyl sites for hydroxylation is 2. The van der Waals surface area contributed by atoms with Crippen LogP contribution in [0.3, 0.4) is 0 Å². The fraction of sp³-hybridized carbons (Fsp3) is 0.308. The Hall–Kier alpha value is -2.57. The van der Waals surface area contributed by atoms with E-state index in [2.05, 4.69) is 15.1 Å². The van der Waals surface area contributed by atoms with Gasteiger partial charge in [-0.1, -0.05) is 0 Å². The van der Waals surface area contributed by atoms with Crippen LogP contribution in [-0.4, -0.2) is 26.8 Å². The molecule has 2 N–H and O–H groups in total. The standard InChI is InChI=1S/C13H16N6O/c1-8-9(4-5-20-8)7-18(2)13-16-11(14)10-6-15-19(3)12(10)17-13/h4-6H,7H2,1-3H3,(H2,14,16,17). The summed E-state index contributed by atoms with van der Waals surface area (Å²) in [5.74, 6) is 1.90. The summed E-state index contributed by atoms with van der Waals surface area (Å²) < 4.78 is 6.98. The number of furan rings is 1. The number of nitrogens with two attached hydrogens (primary N) is 1. The Morgan fingerprint density at radius 2 is 2.20 bits per heavy atom. The number of rotatable bonds is 3. The topological polar surface area (TPSA) is 86.0 Å². The largest absolute Gasteiger partial charge is 0.469 e. The molecule has 0 aliphatic carbocycles. The lowest BCUT2D eigenvalue weighted by Gasteiger charge is -2.17. The lowest BCUT2D eigenvalue weighted by molar-refractivity contribution is 0.529. The van der Waals surface area contributed by atoms with Gasteiger partial charge in [-0.05, 0) is 13.0 Å². The monoisotopic (exact) mass is 272 g/mol. The number of nitrogens with zero attached hydrogens (tertiary/aromatic N) is 5. The van der Waals surface area contributed by atoms with Crippen LogP contribution in [0, 0.1) is 6.92 Å². The highest BCUT2D eigenvalue weighted by molar-refractivity contribution is 5.86. The van der Waals surface area contributed by atoms with Crippen molar-refractivity contribution in [2.75, 3.05) is 17.7 Å². The molecule has 3 aromatic heterocycles. The molecule has 0 radical (unpaired) electrons. The van der Waals surface area contributed by atoms with Crippen LogP contribution in [0.25, 0.3) is 11.0 Å². The molecule has 0 saturated carbocycles. The molecule has 0 aliphatic rings. The zero-order chi connectivity index (χ0) is 14.3. The summed E-state index contributed by atoms with van der Waals surface area (Å²) >= 11 is 0. The van der Waals surface area contributed by atoms with Crippen molar-refractivity contribution in [3.63, 3.8) is 0 Å². The average Bonchev–Trinajstić information content (AvgIpc) is 2.98. The number of nitrogen functional groups attached to an aromatic ring is 1. The first-order valence-electron chi connectivity index (χ1n) is 6.25. The molecule has 0 atom stereocenters. The molecule has 3 aromatic rings. The van der Waals surface area contributed by atoms with Crippen molar-refractivity contribution >= 4 is 22.8 Å². The number of hydrogen-bond donors (Lipinski definition) is 1. The van der Waals surface area contributed by atoms with Gasteiger partial charge in [0.15, 0.2) is 5.65 Å². The predicted octanol–water partition coefficient (Wildman–Crippen LogP) is 1.48. The highest BCUT2D eigenvalue weighted by Crippen LogP contribution is 2.21. The van der Waals surface area contributed by atoms with Crippen LogP contribution in [0.2, 0.25) is 0 Å². The van der Waals surface area contributed by atoms with Crippen molar-refractivity contribution in [1.82, 2.24) is 19.7 Å². The minimum atomic E-state index is 0.439. The van der Waals surface area contributed by atoms with Crippen molar-refractivity contribution in [3.05, 3.63) is 29.9 Å². The highest BCUT2D eigenvalue weighted by atomic mass is 16.3. The number of fused-ring (bicyclic) bond motifs is 1. The fourth-order valence-corrected chi connectivity index (χ4v) is 2.10. The molecular formula is C13H16N6O. The summed E-state index contributed by atoms with van der Waals surface area (Å²) in [5.41, 5.74) is 7.78. The summed E-state index contributed by atoms with van der Waals surface area (Å²) in [4.78, 5) is 10.8. The van der Waals surface area contributed by atoms with E-state index in [1.807, 2.05) is 32.0 Å². The van der Waals surface area contributed by atoms with Gasteiger partial charge in [-0.15, -0.1) is 0 Å². The van der Waals surface area contributed by atoms with Gasteiger partial charge in [-0.2, -0.15) is 15.1 Å². The normalized spacial score (nSPS) is 11.2. The molecule has 0 bridgehead atoms. The van der Waals surface area contributed by atoms with Gasteiger partial charge in [0.25, 0.3) is 0 Å². The van der Waals surface area contributed by atoms with Gasteiger partial charge < -0.3 is 15.1 Å². The van der Waals surface area contributed by atoms with Crippen LogP contribution in [0.15, 0.2) is 22.9 Å². The summed E-state index contributed by atoms with van der Waals surface area (Å²) in [7, 11) is 3.75. The molecule has 3 heterocycles. The first-order chi connectivity index (χ1) is 9.56. The number of aromatic nitrogens is 4. The maximum atomic E-state index is 5.96. The van der Waals surface area contributed by atoms with E-state index < -0.39 is 0 Å². The van der Waals surface area contributed by atoms with E-state index in [9.17, 15) is 0 Å². The summed E-state index contributed by atoms with van der Waals surface area (Å²) in [5, 5.41) is 4.92. The minimum absolute atomic E-state index is 0.439. The third-order valence-electron chi connectivity index (χ3n) is 3.32. The molecule has 104 valence electrons. The van der Waals surface area contributed by atoms with Gasteiger partial charge >= 0.3 is 0 Å². The Kier molecular flexibility index (Phi) is 2.81. The molecule has 0 fully saturated rings. The maximum absolute atomic E-state index is 5.96. The molecule has 0 unspecified atom stereocenters. The van der Waals surface area contributed by atoms with E-state index in [1.54, 1.807) is 17.1 Å². The Morgan fingerprint density at radius 3 is 2.90 bits per heavy atom. The maximum Gasteiger partial charge on any atom is 0.229 e. The van der Waals surface area contributed by atoms with E-state index >= 15 is 0 Å². The molecule has 7 heteroatoms. The van der Waals surface area contributed by atoms with Crippen LogP contribution in [0.1, 0.15) is 11.3 Å². The average molecular weight is 272 g/mol. The molecule has 0 amide bonds. The van der Waals surface area contributed by atoms with Crippen molar-refractivity contribution in [3.8, 4) is 0 Å². The van der Waals surface area contributed by atoms with E-state index in [-0.39, 0.29) is 0 Å². The Morgan fingerprint density at radius 1 is 1.40 bits per heavy atom. The van der Waals surface area contributed by atoms with Crippen molar-refractivity contribution in [2.24, 2.45) is 7.05 Å². The lowest BCUT2D eigenvalue weighted by Crippen LogP contribution is -2.20. The van der Waals surface area contributed by atoms with Crippen LogP contribution in [0.4, 0.5) is 11.8 Å². The van der Waals surface area contributed by atoms with Crippen molar-refractivity contribution < 1.29 is 4.42 Å². The third-order valence-corrected chi connectivity index (χ3v) is 3.32. The SMILES string of the molecule is Cc1occc1CN(C)c1nc(N)c2cnn(C)c2n1. The van der Waals surface area contributed by atoms with Gasteiger partial charge in [0.1, 0.15) is 11.6 Å². The van der Waals surface area contributed by atoms with Gasteiger partial charge in [-0.3, -0.25) is 4.68 Å². The Balaban J connectivity index is 1.97. The molecule has 0 aromatic carbocycles. The molecule has 0 saturated heterocycles. The number of anilines is 2. The molecule has 3 rings (SSSR count). The second-order valence-electron chi connectivity index (χ2n) is 4.77. The van der Waals surface area contributed by atoms with Crippen LogP contribution in [-0.2, 0) is 13.6 Å². The predicted molar refractivity (Wildman–Crippen MR) is 76.3 cm³/mol. The van der Waals surface area contributed by atoms with E-state index in [0.717, 1.165) is 22.4 Å². The molecule has 0 spiro atoms. The van der Waals surface area contributed by atoms with Crippen molar-refractivity contribution in [2.45, 2.75) is 13.5 Å². The highest BCUT2D eigenvalue weighted by Gasteiger charge is 2.13. The van der Waals surface area contributed by atoms with Crippen LogP contribution < -0.4 is 10.6 Å². The minimum Gasteiger partial charge on any atom is -0.469 e. The zero-order valence-corrected chi connectivity index (χ0v) is 11.7. The Bertz CT molecular complexity index is 759. The summed E-state index contributed by atoms with van der Waals surface area (Å²) in [6.07, 6.45) is 3.35. The first kappa shape index (κ1) is 12.5. The quantitative estimate of drug-likeness (QED) is 0.777. The molecular weight excluding hydrogens is 256 g/mol. The third kappa shape index (κ3) is 1.97. The van der Waals surface area contributed by atoms with Crippen LogP contribution in [0.5, 0.6) is 0 Å². The van der Waals surface area contributed by atoms with Gasteiger partial charge in [0, 0.05) is 26.2 Å². The molecule has 0 aliphatic heterocycles. The van der Waals surface area contributed by atoms with Crippen molar-refractivity contribution in [1.29, 1.82) is 0 Å². The van der Waals surface area contributed by atoms with Crippen LogP contribution >= 0.6 is 0 Å². The summed E-state index contributed by atoms with van der Waals surface area (Å²) in [6, 6.07) is 1.94. The zero-order valence-electron chi connectivity index (χ0n) is 11.7. The smallest absolute Gasteiger partial charge is 0.229 e. The molecule has 7 nitrogen and oxygen atoms in total. The fourth-order valence-electron chi connectivity index (χ4n) is 2.10. The second kappa shape index (κ2) is 4.52. The number of hydrogen-bond acceptors (Lipinski definition) is 6. The van der Waals surface area contributed by atoms with E-state index in [4.69, 9.17) is 10.2 Å². The molecule has 20 heavy (non-hydrogen) atoms. The van der Waals surface area contributed by atoms with Gasteiger partial charge in [0.2, 0.25) is 5.95 Å². The van der Waals surface area contributed by atoms with E-state index in [0.29, 0.717) is 18.3 Å². The Labute approximate surface area is 116 Å². The second-order valence-corrected chi connectivity index (χ2v) is 4.77.